The van der Waals surface area contributed by atoms with E-state index < -0.39 is 0 Å². The monoisotopic (exact) mass is 339 g/mol. The highest BCUT2D eigenvalue weighted by atomic mass is 16.2. The van der Waals surface area contributed by atoms with Gasteiger partial charge >= 0.3 is 6.03 Å². The summed E-state index contributed by atoms with van der Waals surface area (Å²) in [5, 5.41) is 10.1. The van der Waals surface area contributed by atoms with Crippen molar-refractivity contribution in [1.29, 1.82) is 0 Å². The number of urea groups is 1. The SMILES string of the molecule is CC(NC(=O)Nc1nc2n(n1)CCCC2)c1ccc2c(c1)CCCC2. The molecule has 1 aromatic heterocycles. The minimum Gasteiger partial charge on any atom is -0.331 e. The third-order valence-electron chi connectivity index (χ3n) is 5.21. The van der Waals surface area contributed by atoms with Gasteiger partial charge in [0.05, 0.1) is 6.04 Å². The Morgan fingerprint density at radius 1 is 1.12 bits per heavy atom. The first kappa shape index (κ1) is 16.1. The van der Waals surface area contributed by atoms with Crippen molar-refractivity contribution < 1.29 is 4.79 Å². The van der Waals surface area contributed by atoms with E-state index in [1.165, 1.54) is 30.4 Å². The molecule has 0 saturated heterocycles. The summed E-state index contributed by atoms with van der Waals surface area (Å²) < 4.78 is 1.89. The first-order valence-electron chi connectivity index (χ1n) is 9.32. The third-order valence-corrected chi connectivity index (χ3v) is 5.21. The molecule has 0 spiro atoms. The van der Waals surface area contributed by atoms with Gasteiger partial charge in [0.15, 0.2) is 0 Å². The average molecular weight is 339 g/mol. The molecular formula is C19H25N5O. The van der Waals surface area contributed by atoms with Crippen LogP contribution in [0.5, 0.6) is 0 Å². The van der Waals surface area contributed by atoms with Gasteiger partial charge in [-0.1, -0.05) is 18.2 Å². The highest BCUT2D eigenvalue weighted by Crippen LogP contribution is 2.24. The number of carbonyl (C=O) groups is 1. The average Bonchev–Trinajstić information content (AvgIpc) is 3.03. The molecule has 0 radical (unpaired) electrons. The van der Waals surface area contributed by atoms with E-state index in [4.69, 9.17) is 0 Å². The Hall–Kier alpha value is -2.37. The number of fused-ring (bicyclic) bond motifs is 2. The minimum absolute atomic E-state index is 0.0514. The van der Waals surface area contributed by atoms with Crippen molar-refractivity contribution >= 4 is 12.0 Å². The molecule has 1 aliphatic carbocycles. The van der Waals surface area contributed by atoms with Crippen LogP contribution in [0.15, 0.2) is 18.2 Å². The largest absolute Gasteiger partial charge is 0.331 e. The molecule has 1 atom stereocenters. The number of hydrogen-bond acceptors (Lipinski definition) is 3. The van der Waals surface area contributed by atoms with Crippen LogP contribution in [0.2, 0.25) is 0 Å². The van der Waals surface area contributed by atoms with Gasteiger partial charge in [0.2, 0.25) is 5.95 Å². The van der Waals surface area contributed by atoms with Crippen LogP contribution in [-0.4, -0.2) is 20.8 Å². The van der Waals surface area contributed by atoms with E-state index in [2.05, 4.69) is 38.9 Å². The standard InChI is InChI=1S/C19H25N5O/c1-13(15-10-9-14-6-2-3-7-16(14)12-15)20-19(25)22-18-21-17-8-4-5-11-24(17)23-18/h9-10,12-13H,2-8,11H2,1H3,(H2,20,22,23,25). The van der Waals surface area contributed by atoms with Gasteiger partial charge in [-0.3, -0.25) is 5.32 Å². The Labute approximate surface area is 148 Å². The summed E-state index contributed by atoms with van der Waals surface area (Å²) >= 11 is 0. The lowest BCUT2D eigenvalue weighted by Gasteiger charge is -2.20. The third kappa shape index (κ3) is 3.52. The van der Waals surface area contributed by atoms with Gasteiger partial charge in [0.1, 0.15) is 5.82 Å². The maximum atomic E-state index is 12.3. The van der Waals surface area contributed by atoms with Crippen LogP contribution in [0.25, 0.3) is 0 Å². The number of amides is 2. The molecule has 6 heteroatoms. The Kier molecular flexibility index (Phi) is 4.42. The lowest BCUT2D eigenvalue weighted by molar-refractivity contribution is 0.249. The van der Waals surface area contributed by atoms with Gasteiger partial charge in [0.25, 0.3) is 0 Å². The molecule has 2 aliphatic rings. The van der Waals surface area contributed by atoms with Gasteiger partial charge in [-0.15, -0.1) is 5.10 Å². The summed E-state index contributed by atoms with van der Waals surface area (Å²) in [5.74, 6) is 1.36. The molecular weight excluding hydrogens is 314 g/mol. The predicted octanol–water partition coefficient (Wildman–Crippen LogP) is 3.38. The van der Waals surface area contributed by atoms with Crippen LogP contribution in [0, 0.1) is 0 Å². The second-order valence-corrected chi connectivity index (χ2v) is 7.09. The normalized spacial score (nSPS) is 17.3. The Morgan fingerprint density at radius 2 is 1.92 bits per heavy atom. The molecule has 2 aromatic rings. The molecule has 2 amide bonds. The number of nitrogens with zero attached hydrogens (tertiary/aromatic N) is 3. The summed E-state index contributed by atoms with van der Waals surface area (Å²) in [4.78, 5) is 16.7. The topological polar surface area (TPSA) is 71.8 Å². The van der Waals surface area contributed by atoms with Crippen LogP contribution in [-0.2, 0) is 25.8 Å². The molecule has 1 aliphatic heterocycles. The number of anilines is 1. The fraction of sp³-hybridized carbons (Fsp3) is 0.526. The first-order chi connectivity index (χ1) is 12.2. The van der Waals surface area contributed by atoms with Crippen molar-refractivity contribution in [2.75, 3.05) is 5.32 Å². The van der Waals surface area contributed by atoms with Crippen molar-refractivity contribution in [3.05, 3.63) is 40.7 Å². The molecule has 1 unspecified atom stereocenters. The predicted molar refractivity (Wildman–Crippen MR) is 96.6 cm³/mol. The van der Waals surface area contributed by atoms with E-state index in [9.17, 15) is 4.79 Å². The smallest absolute Gasteiger partial charge is 0.322 e. The molecule has 132 valence electrons. The second-order valence-electron chi connectivity index (χ2n) is 7.09. The van der Waals surface area contributed by atoms with Crippen LogP contribution < -0.4 is 10.6 Å². The number of hydrogen-bond donors (Lipinski definition) is 2. The fourth-order valence-corrected chi connectivity index (χ4v) is 3.78. The van der Waals surface area contributed by atoms with Crippen molar-refractivity contribution in [3.63, 3.8) is 0 Å². The molecule has 2 heterocycles. The molecule has 2 N–H and O–H groups in total. The highest BCUT2D eigenvalue weighted by Gasteiger charge is 2.17. The number of carbonyl (C=O) groups excluding carboxylic acids is 1. The number of aryl methyl sites for hydroxylation is 4. The summed E-state index contributed by atoms with van der Waals surface area (Å²) in [7, 11) is 0. The Balaban J connectivity index is 1.39. The summed E-state index contributed by atoms with van der Waals surface area (Å²) in [5.41, 5.74) is 4.04. The van der Waals surface area contributed by atoms with Crippen molar-refractivity contribution in [1.82, 2.24) is 20.1 Å². The molecule has 4 rings (SSSR count). The minimum atomic E-state index is -0.256. The van der Waals surface area contributed by atoms with E-state index >= 15 is 0 Å². The van der Waals surface area contributed by atoms with Gasteiger partial charge in [-0.05, 0) is 62.1 Å². The molecule has 1 aromatic carbocycles. The first-order valence-corrected chi connectivity index (χ1v) is 9.32. The van der Waals surface area contributed by atoms with Crippen LogP contribution in [0.1, 0.15) is 61.2 Å². The van der Waals surface area contributed by atoms with Crippen LogP contribution in [0.3, 0.4) is 0 Å². The number of nitrogens with one attached hydrogen (secondary N) is 2. The highest BCUT2D eigenvalue weighted by molar-refractivity contribution is 5.87. The van der Waals surface area contributed by atoms with Gasteiger partial charge in [-0.25, -0.2) is 9.48 Å². The maximum Gasteiger partial charge on any atom is 0.322 e. The van der Waals surface area contributed by atoms with Crippen molar-refractivity contribution in [2.24, 2.45) is 0 Å². The van der Waals surface area contributed by atoms with Crippen LogP contribution >= 0.6 is 0 Å². The molecule has 0 bridgehead atoms. The molecule has 25 heavy (non-hydrogen) atoms. The number of benzene rings is 1. The Morgan fingerprint density at radius 3 is 2.76 bits per heavy atom. The fourth-order valence-electron chi connectivity index (χ4n) is 3.78. The van der Waals surface area contributed by atoms with E-state index in [0.29, 0.717) is 5.95 Å². The van der Waals surface area contributed by atoms with E-state index in [0.717, 1.165) is 43.6 Å². The van der Waals surface area contributed by atoms with Crippen molar-refractivity contribution in [2.45, 2.75) is 64.5 Å². The number of rotatable bonds is 3. The molecule has 0 fully saturated rings. The lowest BCUT2D eigenvalue weighted by atomic mass is 9.89. The zero-order valence-corrected chi connectivity index (χ0v) is 14.7. The Bertz CT molecular complexity index is 759. The molecule has 0 saturated carbocycles. The number of aromatic nitrogens is 3. The van der Waals surface area contributed by atoms with E-state index in [1.54, 1.807) is 0 Å². The maximum absolute atomic E-state index is 12.3. The van der Waals surface area contributed by atoms with Crippen LogP contribution in [0.4, 0.5) is 10.7 Å². The quantitative estimate of drug-likeness (QED) is 0.900. The summed E-state index contributed by atoms with van der Waals surface area (Å²) in [6.45, 7) is 2.90. The zero-order chi connectivity index (χ0) is 17.2. The summed E-state index contributed by atoms with van der Waals surface area (Å²) in [6, 6.07) is 6.28. The molecule has 6 nitrogen and oxygen atoms in total. The van der Waals surface area contributed by atoms with Gasteiger partial charge in [0, 0.05) is 13.0 Å². The van der Waals surface area contributed by atoms with E-state index in [1.807, 2.05) is 11.6 Å². The van der Waals surface area contributed by atoms with Crippen molar-refractivity contribution in [3.8, 4) is 0 Å². The zero-order valence-electron chi connectivity index (χ0n) is 14.7. The van der Waals surface area contributed by atoms with Gasteiger partial charge in [-0.2, -0.15) is 4.98 Å². The second kappa shape index (κ2) is 6.86. The summed E-state index contributed by atoms with van der Waals surface area (Å²) in [6.07, 6.45) is 8.05. The lowest BCUT2D eigenvalue weighted by Crippen LogP contribution is -2.31. The van der Waals surface area contributed by atoms with E-state index in [-0.39, 0.29) is 12.1 Å². The van der Waals surface area contributed by atoms with Gasteiger partial charge < -0.3 is 5.32 Å².